The Balaban J connectivity index is 2.00. The van der Waals surface area contributed by atoms with E-state index in [0.717, 1.165) is 36.7 Å². The van der Waals surface area contributed by atoms with E-state index in [2.05, 4.69) is 4.90 Å². The van der Waals surface area contributed by atoms with Gasteiger partial charge in [-0.05, 0) is 24.6 Å². The number of phenolic OH excluding ortho intramolecular Hbond substituents is 1. The molecule has 1 aromatic rings. The van der Waals surface area contributed by atoms with Crippen LogP contribution in [0.1, 0.15) is 12.5 Å². The van der Waals surface area contributed by atoms with Gasteiger partial charge < -0.3 is 9.84 Å². The van der Waals surface area contributed by atoms with Gasteiger partial charge >= 0.3 is 0 Å². The van der Waals surface area contributed by atoms with Crippen LogP contribution in [-0.4, -0.2) is 45.4 Å². The second-order valence-electron chi connectivity index (χ2n) is 4.36. The van der Waals surface area contributed by atoms with E-state index in [0.29, 0.717) is 12.4 Å². The number of hydrogen-bond donors (Lipinski definition) is 1. The summed E-state index contributed by atoms with van der Waals surface area (Å²) in [5.41, 5.74) is 1.11. The fraction of sp³-hybridized carbons (Fsp3) is 0.538. The molecule has 0 amide bonds. The number of hydrogen-bond acceptors (Lipinski definition) is 4. The Kier molecular flexibility index (Phi) is 4.60. The van der Waals surface area contributed by atoms with E-state index in [4.69, 9.17) is 4.74 Å². The molecule has 1 fully saturated rings. The lowest BCUT2D eigenvalue weighted by Crippen LogP contribution is -2.37. The van der Waals surface area contributed by atoms with Gasteiger partial charge in [0.1, 0.15) is 0 Å². The Morgan fingerprint density at radius 1 is 1.39 bits per heavy atom. The van der Waals surface area contributed by atoms with Crippen molar-refractivity contribution in [2.24, 2.45) is 0 Å². The average Bonchev–Trinajstić information content (AvgIpc) is 2.37. The molecule has 5 heteroatoms. The van der Waals surface area contributed by atoms with Crippen molar-refractivity contribution in [3.8, 4) is 11.5 Å². The van der Waals surface area contributed by atoms with E-state index in [1.807, 2.05) is 19.1 Å². The highest BCUT2D eigenvalue weighted by molar-refractivity contribution is 7.85. The van der Waals surface area contributed by atoms with E-state index in [1.54, 1.807) is 6.07 Å². The zero-order valence-corrected chi connectivity index (χ0v) is 11.4. The third-order valence-electron chi connectivity index (χ3n) is 3.00. The second-order valence-corrected chi connectivity index (χ2v) is 6.06. The summed E-state index contributed by atoms with van der Waals surface area (Å²) in [7, 11) is -0.636. The molecular weight excluding hydrogens is 250 g/mol. The molecule has 1 N–H and O–H groups in total. The van der Waals surface area contributed by atoms with Gasteiger partial charge in [-0.2, -0.15) is 0 Å². The molecule has 0 saturated carbocycles. The fourth-order valence-corrected chi connectivity index (χ4v) is 3.15. The van der Waals surface area contributed by atoms with Gasteiger partial charge in [-0.1, -0.05) is 6.07 Å². The van der Waals surface area contributed by atoms with Crippen LogP contribution in [0.15, 0.2) is 18.2 Å². The number of aromatic hydroxyl groups is 1. The van der Waals surface area contributed by atoms with Crippen molar-refractivity contribution in [2.75, 3.05) is 31.2 Å². The van der Waals surface area contributed by atoms with Gasteiger partial charge in [0, 0.05) is 41.9 Å². The van der Waals surface area contributed by atoms with E-state index in [9.17, 15) is 9.32 Å². The van der Waals surface area contributed by atoms with Crippen LogP contribution in [0, 0.1) is 0 Å². The average molecular weight is 269 g/mol. The lowest BCUT2D eigenvalue weighted by Gasteiger charge is -2.26. The van der Waals surface area contributed by atoms with Crippen molar-refractivity contribution >= 4 is 10.8 Å². The molecule has 18 heavy (non-hydrogen) atoms. The van der Waals surface area contributed by atoms with E-state index in [1.165, 1.54) is 0 Å². The summed E-state index contributed by atoms with van der Waals surface area (Å²) in [5.74, 6) is 2.24. The smallest absolute Gasteiger partial charge is 0.161 e. The van der Waals surface area contributed by atoms with Crippen LogP contribution < -0.4 is 4.74 Å². The first kappa shape index (κ1) is 13.4. The third kappa shape index (κ3) is 3.46. The summed E-state index contributed by atoms with van der Waals surface area (Å²) in [6.07, 6.45) is 0. The largest absolute Gasteiger partial charge is 0.504 e. The summed E-state index contributed by atoms with van der Waals surface area (Å²) in [6.45, 7) is 5.00. The van der Waals surface area contributed by atoms with Crippen LogP contribution in [0.25, 0.3) is 0 Å². The molecule has 2 rings (SSSR count). The van der Waals surface area contributed by atoms with Crippen LogP contribution >= 0.6 is 0 Å². The lowest BCUT2D eigenvalue weighted by molar-refractivity contribution is 0.288. The SMILES string of the molecule is CCOc1cc(CN2CCS(=O)CC2)ccc1O. The zero-order valence-electron chi connectivity index (χ0n) is 10.6. The maximum atomic E-state index is 11.3. The highest BCUT2D eigenvalue weighted by Gasteiger charge is 2.15. The molecule has 0 aliphatic carbocycles. The van der Waals surface area contributed by atoms with E-state index < -0.39 is 10.8 Å². The Morgan fingerprint density at radius 2 is 2.11 bits per heavy atom. The summed E-state index contributed by atoms with van der Waals surface area (Å²) in [5, 5.41) is 9.63. The molecule has 1 saturated heterocycles. The molecule has 100 valence electrons. The Labute approximate surface area is 110 Å². The van der Waals surface area contributed by atoms with Gasteiger partial charge in [0.25, 0.3) is 0 Å². The van der Waals surface area contributed by atoms with Gasteiger partial charge in [-0.3, -0.25) is 9.11 Å². The number of ether oxygens (including phenoxy) is 1. The monoisotopic (exact) mass is 269 g/mol. The molecule has 0 aromatic heterocycles. The van der Waals surface area contributed by atoms with Crippen LogP contribution in [0.2, 0.25) is 0 Å². The van der Waals surface area contributed by atoms with Crippen molar-refractivity contribution < 1.29 is 14.1 Å². The molecule has 0 radical (unpaired) electrons. The van der Waals surface area contributed by atoms with Crippen LogP contribution in [-0.2, 0) is 17.3 Å². The van der Waals surface area contributed by atoms with Crippen molar-refractivity contribution in [1.82, 2.24) is 4.90 Å². The third-order valence-corrected chi connectivity index (χ3v) is 4.28. The topological polar surface area (TPSA) is 49.8 Å². The lowest BCUT2D eigenvalue weighted by atomic mass is 10.2. The fourth-order valence-electron chi connectivity index (χ4n) is 2.02. The molecule has 1 heterocycles. The number of phenols is 1. The molecular formula is C13H19NO3S. The minimum Gasteiger partial charge on any atom is -0.504 e. The molecule has 1 aliphatic rings. The zero-order chi connectivity index (χ0) is 13.0. The number of rotatable bonds is 4. The molecule has 1 aromatic carbocycles. The Bertz CT molecular complexity index is 426. The molecule has 0 bridgehead atoms. The number of nitrogens with zero attached hydrogens (tertiary/aromatic N) is 1. The highest BCUT2D eigenvalue weighted by atomic mass is 32.2. The predicted octanol–water partition coefficient (Wildman–Crippen LogP) is 1.36. The van der Waals surface area contributed by atoms with Gasteiger partial charge in [0.05, 0.1) is 6.61 Å². The normalized spacial score (nSPS) is 17.8. The Morgan fingerprint density at radius 3 is 2.78 bits per heavy atom. The van der Waals surface area contributed by atoms with Gasteiger partial charge in [0.15, 0.2) is 11.5 Å². The molecule has 1 aliphatic heterocycles. The minimum absolute atomic E-state index is 0.181. The first-order chi connectivity index (χ1) is 8.69. The Hall–Kier alpha value is -1.07. The summed E-state index contributed by atoms with van der Waals surface area (Å²) >= 11 is 0. The summed E-state index contributed by atoms with van der Waals surface area (Å²) < 4.78 is 16.6. The van der Waals surface area contributed by atoms with Crippen LogP contribution in [0.5, 0.6) is 11.5 Å². The first-order valence-electron chi connectivity index (χ1n) is 6.21. The second kappa shape index (κ2) is 6.20. The van der Waals surface area contributed by atoms with Gasteiger partial charge in [0.2, 0.25) is 0 Å². The van der Waals surface area contributed by atoms with Crippen molar-refractivity contribution in [1.29, 1.82) is 0 Å². The van der Waals surface area contributed by atoms with Crippen LogP contribution in [0.3, 0.4) is 0 Å². The predicted molar refractivity (Wildman–Crippen MR) is 72.4 cm³/mol. The molecule has 0 spiro atoms. The van der Waals surface area contributed by atoms with E-state index >= 15 is 0 Å². The molecule has 4 nitrogen and oxygen atoms in total. The number of benzene rings is 1. The molecule has 0 atom stereocenters. The van der Waals surface area contributed by atoms with Gasteiger partial charge in [-0.15, -0.1) is 0 Å². The highest BCUT2D eigenvalue weighted by Crippen LogP contribution is 2.27. The standard InChI is InChI=1S/C13H19NO3S/c1-2-17-13-9-11(3-4-12(13)15)10-14-5-7-18(16)8-6-14/h3-4,9,15H,2,5-8,10H2,1H3. The van der Waals surface area contributed by atoms with Crippen molar-refractivity contribution in [3.63, 3.8) is 0 Å². The maximum absolute atomic E-state index is 11.3. The molecule has 0 unspecified atom stereocenters. The van der Waals surface area contributed by atoms with Crippen LogP contribution in [0.4, 0.5) is 0 Å². The minimum atomic E-state index is -0.636. The van der Waals surface area contributed by atoms with E-state index in [-0.39, 0.29) is 5.75 Å². The summed E-state index contributed by atoms with van der Waals surface area (Å²) in [6, 6.07) is 5.45. The van der Waals surface area contributed by atoms with Crippen molar-refractivity contribution in [2.45, 2.75) is 13.5 Å². The quantitative estimate of drug-likeness (QED) is 0.896. The van der Waals surface area contributed by atoms with Crippen molar-refractivity contribution in [3.05, 3.63) is 23.8 Å². The maximum Gasteiger partial charge on any atom is 0.161 e. The first-order valence-corrected chi connectivity index (χ1v) is 7.70. The summed E-state index contributed by atoms with van der Waals surface area (Å²) in [4.78, 5) is 2.28. The van der Waals surface area contributed by atoms with Gasteiger partial charge in [-0.25, -0.2) is 0 Å².